The summed E-state index contributed by atoms with van der Waals surface area (Å²) < 4.78 is 0. The van der Waals surface area contributed by atoms with Gasteiger partial charge in [0.2, 0.25) is 0 Å². The number of likely N-dealkylation sites (N-methyl/N-ethyl adjacent to an activating group) is 1. The van der Waals surface area contributed by atoms with Crippen LogP contribution in [0.2, 0.25) is 0 Å². The van der Waals surface area contributed by atoms with Crippen LogP contribution in [0.3, 0.4) is 0 Å². The maximum absolute atomic E-state index is 9.14. The average Bonchev–Trinajstić information content (AvgIpc) is 2.09. The topological polar surface area (TPSA) is 35.5 Å². The van der Waals surface area contributed by atoms with Gasteiger partial charge >= 0.3 is 0 Å². The summed E-state index contributed by atoms with van der Waals surface area (Å²) in [6.45, 7) is 7.28. The molecule has 0 aromatic carbocycles. The number of nitrogens with one attached hydrogen (secondary N) is 1. The minimum atomic E-state index is -0.0746. The van der Waals surface area contributed by atoms with E-state index in [0.717, 1.165) is 19.6 Å². The number of β-amino-alcohol motifs (C(OH)–C–C–N with tert-alkyl or cyclic N) is 1. The summed E-state index contributed by atoms with van der Waals surface area (Å²) in [5.41, 5.74) is 0. The van der Waals surface area contributed by atoms with E-state index in [1.54, 1.807) is 0 Å². The molecule has 1 saturated heterocycles. The molecule has 2 N–H and O–H groups in total. The van der Waals surface area contributed by atoms with Gasteiger partial charge in [0.25, 0.3) is 0 Å². The van der Waals surface area contributed by atoms with Crippen molar-refractivity contribution in [2.24, 2.45) is 5.92 Å². The van der Waals surface area contributed by atoms with Crippen molar-refractivity contribution in [3.63, 3.8) is 0 Å². The van der Waals surface area contributed by atoms with Crippen molar-refractivity contribution in [2.45, 2.75) is 32.4 Å². The van der Waals surface area contributed by atoms with Gasteiger partial charge in [-0.25, -0.2) is 0 Å². The van der Waals surface area contributed by atoms with E-state index in [9.17, 15) is 0 Å². The number of likely N-dealkylation sites (tertiary alicyclic amines) is 1. The van der Waals surface area contributed by atoms with E-state index in [2.05, 4.69) is 24.1 Å². The third kappa shape index (κ3) is 2.93. The van der Waals surface area contributed by atoms with Crippen molar-refractivity contribution in [1.29, 1.82) is 0 Å². The molecule has 0 saturated carbocycles. The molecule has 0 aliphatic carbocycles. The van der Waals surface area contributed by atoms with E-state index in [4.69, 9.17) is 5.11 Å². The summed E-state index contributed by atoms with van der Waals surface area (Å²) in [5.74, 6) is 0.711. The van der Waals surface area contributed by atoms with Crippen LogP contribution < -0.4 is 5.32 Å². The average molecular weight is 186 g/mol. The Hall–Kier alpha value is -0.120. The van der Waals surface area contributed by atoms with Crippen LogP contribution in [-0.2, 0) is 0 Å². The van der Waals surface area contributed by atoms with E-state index >= 15 is 0 Å². The largest absolute Gasteiger partial charge is 0.390 e. The molecule has 1 aliphatic rings. The number of hydrogen-bond acceptors (Lipinski definition) is 3. The Morgan fingerprint density at radius 3 is 2.54 bits per heavy atom. The summed E-state index contributed by atoms with van der Waals surface area (Å²) in [7, 11) is 2.02. The first-order chi connectivity index (χ1) is 6.17. The molecule has 3 nitrogen and oxygen atoms in total. The molecule has 78 valence electrons. The highest BCUT2D eigenvalue weighted by Crippen LogP contribution is 2.13. The molecule has 0 spiro atoms. The molecule has 1 aliphatic heterocycles. The minimum Gasteiger partial charge on any atom is -0.390 e. The SMILES string of the molecule is CC[C@H](C)[C@@H](CN1CC(O)C1)NC. The predicted octanol–water partition coefficient (Wildman–Crippen LogP) is 0.297. The molecular weight excluding hydrogens is 164 g/mol. The second kappa shape index (κ2) is 4.94. The lowest BCUT2D eigenvalue weighted by Crippen LogP contribution is -2.55. The summed E-state index contributed by atoms with van der Waals surface area (Å²) in [6, 6.07) is 0.567. The molecule has 1 rings (SSSR count). The highest BCUT2D eigenvalue weighted by atomic mass is 16.3. The van der Waals surface area contributed by atoms with Gasteiger partial charge in [-0.1, -0.05) is 20.3 Å². The van der Waals surface area contributed by atoms with Crippen molar-refractivity contribution in [3.8, 4) is 0 Å². The Bertz CT molecular complexity index is 146. The van der Waals surface area contributed by atoms with E-state index < -0.39 is 0 Å². The Labute approximate surface area is 81.1 Å². The number of aliphatic hydroxyl groups excluding tert-OH is 1. The zero-order valence-electron chi connectivity index (χ0n) is 8.95. The molecule has 0 bridgehead atoms. The van der Waals surface area contributed by atoms with Crippen LogP contribution in [-0.4, -0.2) is 48.8 Å². The lowest BCUT2D eigenvalue weighted by atomic mass is 9.97. The van der Waals surface area contributed by atoms with Gasteiger partial charge in [0, 0.05) is 25.7 Å². The van der Waals surface area contributed by atoms with Crippen LogP contribution in [0.5, 0.6) is 0 Å². The highest BCUT2D eigenvalue weighted by molar-refractivity contribution is 4.84. The third-order valence-corrected chi connectivity index (χ3v) is 3.09. The standard InChI is InChI=1S/C10H22N2O/c1-4-8(2)10(11-3)7-12-5-9(13)6-12/h8-11,13H,4-7H2,1-3H3/t8-,10+/m0/s1. The zero-order chi connectivity index (χ0) is 9.84. The second-order valence-corrected chi connectivity index (χ2v) is 4.15. The highest BCUT2D eigenvalue weighted by Gasteiger charge is 2.27. The fourth-order valence-corrected chi connectivity index (χ4v) is 1.81. The zero-order valence-corrected chi connectivity index (χ0v) is 8.95. The van der Waals surface area contributed by atoms with E-state index in [0.29, 0.717) is 12.0 Å². The van der Waals surface area contributed by atoms with Gasteiger partial charge in [0.05, 0.1) is 6.10 Å². The first kappa shape index (κ1) is 11.0. The molecule has 2 atom stereocenters. The molecule has 0 unspecified atom stereocenters. The van der Waals surface area contributed by atoms with Crippen molar-refractivity contribution in [3.05, 3.63) is 0 Å². The lowest BCUT2D eigenvalue weighted by molar-refractivity contribution is -0.00580. The Morgan fingerprint density at radius 1 is 1.54 bits per heavy atom. The fourth-order valence-electron chi connectivity index (χ4n) is 1.81. The van der Waals surface area contributed by atoms with Crippen molar-refractivity contribution >= 4 is 0 Å². The van der Waals surface area contributed by atoms with Crippen molar-refractivity contribution in [1.82, 2.24) is 10.2 Å². The molecule has 1 fully saturated rings. The monoisotopic (exact) mass is 186 g/mol. The van der Waals surface area contributed by atoms with Gasteiger partial charge in [0.15, 0.2) is 0 Å². The van der Waals surface area contributed by atoms with Crippen LogP contribution in [0, 0.1) is 5.92 Å². The number of nitrogens with zero attached hydrogens (tertiary/aromatic N) is 1. The fraction of sp³-hybridized carbons (Fsp3) is 1.00. The van der Waals surface area contributed by atoms with Gasteiger partial charge < -0.3 is 10.4 Å². The van der Waals surface area contributed by atoms with Gasteiger partial charge in [0.1, 0.15) is 0 Å². The minimum absolute atomic E-state index is 0.0746. The summed E-state index contributed by atoms with van der Waals surface area (Å²) in [4.78, 5) is 2.30. The third-order valence-electron chi connectivity index (χ3n) is 3.09. The lowest BCUT2D eigenvalue weighted by Gasteiger charge is -2.39. The van der Waals surface area contributed by atoms with Gasteiger partial charge in [-0.05, 0) is 13.0 Å². The maximum atomic E-state index is 9.14. The molecule has 3 heteroatoms. The van der Waals surface area contributed by atoms with Crippen molar-refractivity contribution < 1.29 is 5.11 Å². The second-order valence-electron chi connectivity index (χ2n) is 4.15. The molecule has 0 aromatic rings. The van der Waals surface area contributed by atoms with Crippen molar-refractivity contribution in [2.75, 3.05) is 26.7 Å². The van der Waals surface area contributed by atoms with Crippen LogP contribution in [0.25, 0.3) is 0 Å². The smallest absolute Gasteiger partial charge is 0.0793 e. The molecular formula is C10H22N2O. The number of rotatable bonds is 5. The predicted molar refractivity (Wildman–Crippen MR) is 54.7 cm³/mol. The first-order valence-electron chi connectivity index (χ1n) is 5.25. The van der Waals surface area contributed by atoms with Crippen LogP contribution in [0.1, 0.15) is 20.3 Å². The summed E-state index contributed by atoms with van der Waals surface area (Å²) >= 11 is 0. The Balaban J connectivity index is 2.23. The van der Waals surface area contributed by atoms with Gasteiger partial charge in [-0.15, -0.1) is 0 Å². The molecule has 0 aromatic heterocycles. The molecule has 13 heavy (non-hydrogen) atoms. The first-order valence-corrected chi connectivity index (χ1v) is 5.25. The van der Waals surface area contributed by atoms with Gasteiger partial charge in [-0.3, -0.25) is 4.90 Å². The summed E-state index contributed by atoms with van der Waals surface area (Å²) in [5, 5.41) is 12.5. The van der Waals surface area contributed by atoms with E-state index in [-0.39, 0.29) is 6.10 Å². The van der Waals surface area contributed by atoms with Crippen LogP contribution in [0.15, 0.2) is 0 Å². The van der Waals surface area contributed by atoms with Crippen LogP contribution >= 0.6 is 0 Å². The van der Waals surface area contributed by atoms with Gasteiger partial charge in [-0.2, -0.15) is 0 Å². The van der Waals surface area contributed by atoms with Crippen LogP contribution in [0.4, 0.5) is 0 Å². The number of hydrogen-bond donors (Lipinski definition) is 2. The maximum Gasteiger partial charge on any atom is 0.0793 e. The summed E-state index contributed by atoms with van der Waals surface area (Å²) in [6.07, 6.45) is 1.14. The quantitative estimate of drug-likeness (QED) is 0.648. The van der Waals surface area contributed by atoms with E-state index in [1.807, 2.05) is 7.05 Å². The molecule has 1 heterocycles. The molecule has 0 radical (unpaired) electrons. The molecule has 0 amide bonds. The Morgan fingerprint density at radius 2 is 2.15 bits per heavy atom. The normalized spacial score (nSPS) is 24.0. The number of aliphatic hydroxyl groups is 1. The van der Waals surface area contributed by atoms with E-state index in [1.165, 1.54) is 6.42 Å². The Kier molecular flexibility index (Phi) is 4.16.